The van der Waals surface area contributed by atoms with Gasteiger partial charge in [-0.15, -0.1) is 0 Å². The van der Waals surface area contributed by atoms with E-state index in [0.717, 1.165) is 27.3 Å². The molecule has 0 fully saturated rings. The van der Waals surface area contributed by atoms with Crippen LogP contribution < -0.4 is 5.30 Å². The first-order chi connectivity index (χ1) is 11.0. The predicted octanol–water partition coefficient (Wildman–Crippen LogP) is 4.59. The second-order valence-corrected chi connectivity index (χ2v) is 7.34. The molecule has 0 radical (unpaired) electrons. The molecular weight excluding hydrogens is 375 g/mol. The number of rotatable bonds is 7. The molecule has 0 aliphatic heterocycles. The molecule has 1 atom stereocenters. The molecule has 3 nitrogen and oxygen atoms in total. The third-order valence-corrected chi connectivity index (χ3v) is 5.92. The van der Waals surface area contributed by atoms with Crippen LogP contribution in [0.2, 0.25) is 0 Å². The van der Waals surface area contributed by atoms with E-state index in [1.54, 1.807) is 12.1 Å². The van der Waals surface area contributed by atoms with Crippen molar-refractivity contribution < 1.29 is 13.9 Å². The van der Waals surface area contributed by atoms with Crippen molar-refractivity contribution in [2.45, 2.75) is 25.6 Å². The second kappa shape index (κ2) is 8.58. The molecule has 0 aliphatic carbocycles. The molecule has 0 heterocycles. The third-order valence-electron chi connectivity index (χ3n) is 3.61. The maximum atomic E-state index is 12.4. The Morgan fingerprint density at radius 1 is 1.13 bits per heavy atom. The molecule has 2 rings (SSSR count). The molecule has 0 aromatic heterocycles. The largest absolute Gasteiger partial charge is 0.327 e. The number of halogens is 1. The minimum atomic E-state index is -2.35. The molecule has 0 bridgehead atoms. The molecule has 0 saturated heterocycles. The van der Waals surface area contributed by atoms with E-state index in [1.807, 2.05) is 44.2 Å². The summed E-state index contributed by atoms with van der Waals surface area (Å²) in [7, 11) is -2.35. The summed E-state index contributed by atoms with van der Waals surface area (Å²) in [6.45, 7) is 4.05. The lowest BCUT2D eigenvalue weighted by atomic mass is 10.1. The molecule has 2 aromatic carbocycles. The molecule has 0 aliphatic rings. The van der Waals surface area contributed by atoms with Gasteiger partial charge in [-0.05, 0) is 30.5 Å². The maximum Gasteiger partial charge on any atom is 0.221 e. The fourth-order valence-electron chi connectivity index (χ4n) is 2.53. The third kappa shape index (κ3) is 4.87. The van der Waals surface area contributed by atoms with E-state index in [2.05, 4.69) is 15.9 Å². The van der Waals surface area contributed by atoms with E-state index in [0.29, 0.717) is 5.56 Å². The van der Waals surface area contributed by atoms with Gasteiger partial charge in [0, 0.05) is 22.6 Å². The highest BCUT2D eigenvalue weighted by Crippen LogP contribution is 2.27. The minimum absolute atomic E-state index is 0.00322. The highest BCUT2D eigenvalue weighted by molar-refractivity contribution is 9.08. The van der Waals surface area contributed by atoms with E-state index >= 15 is 0 Å². The second-order valence-electron chi connectivity index (χ2n) is 5.41. The Hall–Kier alpha value is -1.22. The van der Waals surface area contributed by atoms with Crippen LogP contribution in [0.1, 0.15) is 33.5 Å². The molecule has 0 amide bonds. The van der Waals surface area contributed by atoms with E-state index in [9.17, 15) is 9.36 Å². The van der Waals surface area contributed by atoms with Crippen molar-refractivity contribution in [2.24, 2.45) is 0 Å². The molecule has 2 aromatic rings. The average Bonchev–Trinajstić information content (AvgIpc) is 2.54. The van der Waals surface area contributed by atoms with Crippen LogP contribution >= 0.6 is 24.0 Å². The average molecular weight is 395 g/mol. The summed E-state index contributed by atoms with van der Waals surface area (Å²) in [6.07, 6.45) is 0.234. The molecule has 0 saturated carbocycles. The smallest absolute Gasteiger partial charge is 0.221 e. The van der Waals surface area contributed by atoms with E-state index in [4.69, 9.17) is 4.52 Å². The first-order valence-electron chi connectivity index (χ1n) is 7.44. The molecule has 23 heavy (non-hydrogen) atoms. The first-order valence-corrected chi connectivity index (χ1v) is 9.88. The Labute approximate surface area is 146 Å². The monoisotopic (exact) mass is 394 g/mol. The summed E-state index contributed by atoms with van der Waals surface area (Å²) in [5, 5.41) is 1.54. The lowest BCUT2D eigenvalue weighted by Crippen LogP contribution is -2.10. The van der Waals surface area contributed by atoms with Crippen molar-refractivity contribution in [3.8, 4) is 0 Å². The van der Waals surface area contributed by atoms with Crippen LogP contribution in [0.15, 0.2) is 42.5 Å². The standard InChI is InChI=1S/C18H20BrO3P/c1-13-10-15(12-19)11-14(2)18(13)23(21)22-9-8-17(20)16-6-4-3-5-7-16/h3-7,10-11,23H,8-9,12H2,1-2H3. The van der Waals surface area contributed by atoms with Crippen LogP contribution in [0, 0.1) is 13.8 Å². The van der Waals surface area contributed by atoms with Crippen LogP contribution in [0.25, 0.3) is 0 Å². The van der Waals surface area contributed by atoms with E-state index in [1.165, 1.54) is 0 Å². The van der Waals surface area contributed by atoms with Crippen molar-refractivity contribution in [1.82, 2.24) is 0 Å². The van der Waals surface area contributed by atoms with Gasteiger partial charge in [0.25, 0.3) is 0 Å². The van der Waals surface area contributed by atoms with Gasteiger partial charge in [0.2, 0.25) is 8.03 Å². The normalized spacial score (nSPS) is 12.1. The van der Waals surface area contributed by atoms with Crippen LogP contribution in [0.3, 0.4) is 0 Å². The number of ketones is 1. The topological polar surface area (TPSA) is 43.4 Å². The Balaban J connectivity index is 1.97. The lowest BCUT2D eigenvalue weighted by molar-refractivity contribution is 0.0965. The van der Waals surface area contributed by atoms with Crippen molar-refractivity contribution in [2.75, 3.05) is 6.61 Å². The van der Waals surface area contributed by atoms with Crippen molar-refractivity contribution in [1.29, 1.82) is 0 Å². The molecule has 122 valence electrons. The fraction of sp³-hybridized carbons (Fsp3) is 0.278. The number of carbonyl (C=O) groups is 1. The van der Waals surface area contributed by atoms with Gasteiger partial charge in [-0.2, -0.15) is 0 Å². The zero-order chi connectivity index (χ0) is 16.8. The van der Waals surface area contributed by atoms with Crippen LogP contribution in [-0.4, -0.2) is 12.4 Å². The number of alkyl halides is 1. The number of benzene rings is 2. The Kier molecular flexibility index (Phi) is 6.76. The van der Waals surface area contributed by atoms with Crippen LogP contribution in [0.4, 0.5) is 0 Å². The van der Waals surface area contributed by atoms with Gasteiger partial charge in [0.1, 0.15) is 0 Å². The molecule has 1 unspecified atom stereocenters. The predicted molar refractivity (Wildman–Crippen MR) is 98.5 cm³/mol. The Morgan fingerprint density at radius 2 is 1.74 bits per heavy atom. The van der Waals surface area contributed by atoms with Gasteiger partial charge in [0.15, 0.2) is 5.78 Å². The van der Waals surface area contributed by atoms with E-state index < -0.39 is 8.03 Å². The zero-order valence-electron chi connectivity index (χ0n) is 13.3. The minimum Gasteiger partial charge on any atom is -0.327 e. The van der Waals surface area contributed by atoms with Crippen molar-refractivity contribution >= 4 is 35.0 Å². The number of carbonyl (C=O) groups excluding carboxylic acids is 1. The summed E-state index contributed by atoms with van der Waals surface area (Å²) >= 11 is 3.43. The summed E-state index contributed by atoms with van der Waals surface area (Å²) < 4.78 is 17.9. The number of aryl methyl sites for hydroxylation is 2. The van der Waals surface area contributed by atoms with Gasteiger partial charge in [-0.25, -0.2) is 0 Å². The summed E-state index contributed by atoms with van der Waals surface area (Å²) in [4.78, 5) is 12.0. The number of hydrogen-bond acceptors (Lipinski definition) is 3. The number of Topliss-reactive ketones (excluding diaryl/α,β-unsaturated/α-hetero) is 1. The van der Waals surface area contributed by atoms with Crippen LogP contribution in [0.5, 0.6) is 0 Å². The highest BCUT2D eigenvalue weighted by Gasteiger charge is 2.13. The Morgan fingerprint density at radius 3 is 2.30 bits per heavy atom. The fourth-order valence-corrected chi connectivity index (χ4v) is 4.07. The lowest BCUT2D eigenvalue weighted by Gasteiger charge is -2.12. The summed E-state index contributed by atoms with van der Waals surface area (Å²) in [5.41, 5.74) is 3.75. The van der Waals surface area contributed by atoms with Crippen LogP contribution in [-0.2, 0) is 14.4 Å². The quantitative estimate of drug-likeness (QED) is 0.391. The Bertz CT molecular complexity index is 690. The molecular formula is C18H20BrO3P. The van der Waals surface area contributed by atoms with Gasteiger partial charge in [-0.1, -0.05) is 58.4 Å². The van der Waals surface area contributed by atoms with Crippen molar-refractivity contribution in [3.63, 3.8) is 0 Å². The maximum absolute atomic E-state index is 12.4. The first kappa shape index (κ1) is 18.1. The molecule has 0 spiro atoms. The van der Waals surface area contributed by atoms with E-state index in [-0.39, 0.29) is 18.8 Å². The zero-order valence-corrected chi connectivity index (χ0v) is 15.9. The van der Waals surface area contributed by atoms with Crippen molar-refractivity contribution in [3.05, 3.63) is 64.7 Å². The van der Waals surface area contributed by atoms with Gasteiger partial charge in [-0.3, -0.25) is 9.36 Å². The highest BCUT2D eigenvalue weighted by atomic mass is 79.9. The summed E-state index contributed by atoms with van der Waals surface area (Å²) in [5.74, 6) is 0.00322. The molecule has 5 heteroatoms. The number of hydrogen-bond donors (Lipinski definition) is 0. The summed E-state index contributed by atoms with van der Waals surface area (Å²) in [6, 6.07) is 13.1. The SMILES string of the molecule is Cc1cc(CBr)cc(C)c1[PH](=O)OCCC(=O)c1ccccc1. The van der Waals surface area contributed by atoms with Gasteiger partial charge in [0.05, 0.1) is 6.61 Å². The van der Waals surface area contributed by atoms with Gasteiger partial charge < -0.3 is 4.52 Å². The van der Waals surface area contributed by atoms with Gasteiger partial charge >= 0.3 is 0 Å². The molecule has 0 N–H and O–H groups in total.